The maximum Gasteiger partial charge on any atom is 0 e. The van der Waals surface area contributed by atoms with E-state index in [0.29, 0.717) is 0 Å². The van der Waals surface area contributed by atoms with E-state index in [4.69, 9.17) is 0 Å². The van der Waals surface area contributed by atoms with Gasteiger partial charge in [-0.1, -0.05) is 6.92 Å². The summed E-state index contributed by atoms with van der Waals surface area (Å²) < 4.78 is 0. The molecule has 0 saturated heterocycles. The van der Waals surface area contributed by atoms with Gasteiger partial charge in [-0.3, -0.25) is 0 Å². The summed E-state index contributed by atoms with van der Waals surface area (Å²) in [5, 5.41) is 0. The third-order valence-corrected chi connectivity index (χ3v) is 0.408. The van der Waals surface area contributed by atoms with E-state index in [-0.39, 0.29) is 43.5 Å². The maximum atomic E-state index is 2.12. The first-order chi connectivity index (χ1) is 1.91. The van der Waals surface area contributed by atoms with Crippen molar-refractivity contribution in [2.75, 3.05) is 0 Å². The summed E-state index contributed by atoms with van der Waals surface area (Å²) in [7, 11) is 0. The van der Waals surface area contributed by atoms with Crippen LogP contribution in [0.2, 0.25) is 0 Å². The number of unbranched alkanes of at least 4 members (excludes halogenated alkanes) is 1. The van der Waals surface area contributed by atoms with Gasteiger partial charge in [0.25, 0.3) is 0 Å². The van der Waals surface area contributed by atoms with Crippen LogP contribution in [0.1, 0.15) is 20.3 Å². The number of rotatable bonds is 1. The van der Waals surface area contributed by atoms with Gasteiger partial charge in [-0.25, -0.2) is 0 Å². The molecule has 36 valence electrons. The van der Waals surface area contributed by atoms with Crippen LogP contribution in [0.25, 0.3) is 0 Å². The quantitative estimate of drug-likeness (QED) is 0.380. The average Bonchev–Trinajstić information content (AvgIpc) is 1.37. The first kappa shape index (κ1) is 15.7. The fourth-order valence-electron chi connectivity index (χ4n) is 0. The fraction of sp³-hybridized carbons (Fsp3) is 0.750. The Kier molecular flexibility index (Phi) is 42.3. The van der Waals surface area contributed by atoms with Crippen LogP contribution in [0.15, 0.2) is 0 Å². The molecule has 0 aliphatic rings. The molecular weight excluding hydrogens is 240 g/mol. The zero-order chi connectivity index (χ0) is 3.41. The van der Waals surface area contributed by atoms with Crippen LogP contribution in [0, 0.1) is 6.42 Å². The van der Waals surface area contributed by atoms with Crippen LogP contribution < -0.4 is 0 Å². The van der Waals surface area contributed by atoms with E-state index in [1.165, 1.54) is 6.42 Å². The summed E-state index contributed by atoms with van der Waals surface area (Å²) in [5.41, 5.74) is 0. The molecule has 0 aliphatic heterocycles. The molecule has 0 aromatic carbocycles. The van der Waals surface area contributed by atoms with Crippen molar-refractivity contribution in [2.45, 2.75) is 20.3 Å². The van der Waals surface area contributed by atoms with Crippen LogP contribution in [0.3, 0.4) is 0 Å². The maximum absolute atomic E-state index is 2.12. The number of hydrogen-bond donors (Lipinski definition) is 0. The Morgan fingerprint density at radius 2 is 1.67 bits per heavy atom. The number of hydrogen-bond acceptors (Lipinski definition) is 0. The van der Waals surface area contributed by atoms with Gasteiger partial charge in [0.15, 0.2) is 0 Å². The van der Waals surface area contributed by atoms with Crippen molar-refractivity contribution in [3.05, 3.63) is 6.42 Å². The van der Waals surface area contributed by atoms with Crippen LogP contribution >= 0.6 is 24.0 Å². The van der Waals surface area contributed by atoms with Crippen LogP contribution in [0.4, 0.5) is 0 Å². The van der Waals surface area contributed by atoms with E-state index < -0.39 is 0 Å². The molecule has 0 radical (unpaired) electrons. The van der Waals surface area contributed by atoms with Gasteiger partial charge in [0.2, 0.25) is 0 Å². The Bertz CT molecular complexity index is 9.51. The molecule has 6 heavy (non-hydrogen) atoms. The summed E-state index contributed by atoms with van der Waals surface area (Å²) in [6, 6.07) is 0. The molecule has 0 amide bonds. The molecule has 0 rings (SSSR count). The smallest absolute Gasteiger partial charge is 0 e. The van der Waals surface area contributed by atoms with Crippen LogP contribution in [0.5, 0.6) is 0 Å². The third kappa shape index (κ3) is 18.3. The first-order valence-electron chi connectivity index (χ1n) is 1.69. The van der Waals surface area contributed by atoms with Crippen molar-refractivity contribution in [1.82, 2.24) is 0 Å². The van der Waals surface area contributed by atoms with Gasteiger partial charge in [0.05, 0.1) is 0 Å². The predicted molar refractivity (Wildman–Crippen MR) is 35.7 cm³/mol. The van der Waals surface area contributed by atoms with E-state index >= 15 is 0 Å². The minimum Gasteiger partial charge on any atom is -0.332 e. The van der Waals surface area contributed by atoms with Crippen LogP contribution in [-0.4, -0.2) is 0 Å². The molecule has 0 bridgehead atoms. The normalized spacial score (nSPS) is 5.00. The Morgan fingerprint density at radius 3 is 1.67 bits per heavy atom. The van der Waals surface area contributed by atoms with Crippen molar-refractivity contribution >= 4 is 24.0 Å². The SMILES string of the molecule is C[CH-]CC.I.[Zn]. The van der Waals surface area contributed by atoms with E-state index in [0.717, 1.165) is 0 Å². The van der Waals surface area contributed by atoms with Gasteiger partial charge < -0.3 is 6.42 Å². The van der Waals surface area contributed by atoms with E-state index in [1.807, 2.05) is 0 Å². The number of halogens is 1. The van der Waals surface area contributed by atoms with E-state index in [2.05, 4.69) is 20.3 Å². The molecule has 0 fully saturated rings. The molecule has 0 N–H and O–H groups in total. The van der Waals surface area contributed by atoms with Crippen molar-refractivity contribution in [3.8, 4) is 0 Å². The second-order valence-electron chi connectivity index (χ2n) is 0.816. The topological polar surface area (TPSA) is 0 Å². The van der Waals surface area contributed by atoms with Gasteiger partial charge in [-0.05, 0) is 0 Å². The molecule has 0 atom stereocenters. The molecular formula is C4H10IZn-. The van der Waals surface area contributed by atoms with Gasteiger partial charge in [0, 0.05) is 19.5 Å². The molecule has 0 aromatic rings. The van der Waals surface area contributed by atoms with Gasteiger partial charge in [-0.15, -0.1) is 24.0 Å². The summed E-state index contributed by atoms with van der Waals surface area (Å²) in [4.78, 5) is 0. The second kappa shape index (κ2) is 16.2. The van der Waals surface area contributed by atoms with Crippen molar-refractivity contribution in [3.63, 3.8) is 0 Å². The molecule has 0 aromatic heterocycles. The summed E-state index contributed by atoms with van der Waals surface area (Å²) in [6.07, 6.45) is 3.32. The summed E-state index contributed by atoms with van der Waals surface area (Å²) in [6.45, 7) is 4.18. The Balaban J connectivity index is -0.0000000450. The zero-order valence-corrected chi connectivity index (χ0v) is 9.70. The predicted octanol–water partition coefficient (Wildman–Crippen LogP) is 2.24. The Labute approximate surface area is 69.9 Å². The molecule has 0 heterocycles. The van der Waals surface area contributed by atoms with E-state index in [9.17, 15) is 0 Å². The minimum absolute atomic E-state index is 0. The molecule has 2 heteroatoms. The Hall–Kier alpha value is 1.35. The molecule has 0 saturated carbocycles. The van der Waals surface area contributed by atoms with Crippen molar-refractivity contribution in [2.24, 2.45) is 0 Å². The molecule has 0 aliphatic carbocycles. The molecule has 0 unspecified atom stereocenters. The van der Waals surface area contributed by atoms with Crippen LogP contribution in [-0.2, 0) is 19.5 Å². The molecule has 0 spiro atoms. The standard InChI is InChI=1S/C4H9.HI.Zn/c1-3-4-2;;/h3H,4H2,1-2H3;1H;/q-1;;. The zero-order valence-electron chi connectivity index (χ0n) is 4.40. The minimum atomic E-state index is 0. The Morgan fingerprint density at radius 1 is 1.50 bits per heavy atom. The molecule has 0 nitrogen and oxygen atoms in total. The van der Waals surface area contributed by atoms with Gasteiger partial charge in [-0.2, -0.15) is 13.3 Å². The van der Waals surface area contributed by atoms with Gasteiger partial charge in [0.1, 0.15) is 0 Å². The van der Waals surface area contributed by atoms with Gasteiger partial charge >= 0.3 is 0 Å². The average molecular weight is 250 g/mol. The summed E-state index contributed by atoms with van der Waals surface area (Å²) in [5.74, 6) is 0. The second-order valence-corrected chi connectivity index (χ2v) is 0.816. The largest absolute Gasteiger partial charge is 0.332 e. The van der Waals surface area contributed by atoms with Crippen molar-refractivity contribution < 1.29 is 19.5 Å². The summed E-state index contributed by atoms with van der Waals surface area (Å²) >= 11 is 0. The third-order valence-electron chi connectivity index (χ3n) is 0.408. The van der Waals surface area contributed by atoms with Crippen molar-refractivity contribution in [1.29, 1.82) is 0 Å². The monoisotopic (exact) mass is 249 g/mol. The van der Waals surface area contributed by atoms with E-state index in [1.54, 1.807) is 0 Å². The first-order valence-corrected chi connectivity index (χ1v) is 1.69. The fourth-order valence-corrected chi connectivity index (χ4v) is 0.